The van der Waals surface area contributed by atoms with E-state index in [0.29, 0.717) is 22.5 Å². The number of nitro benzene ring substituents is 1. The van der Waals surface area contributed by atoms with Crippen molar-refractivity contribution in [2.24, 2.45) is 4.99 Å². The molecule has 0 N–H and O–H groups in total. The molecular formula is C20H17N3O5S. The van der Waals surface area contributed by atoms with Crippen LogP contribution in [0.2, 0.25) is 0 Å². The number of carbonyl (C=O) groups is 2. The van der Waals surface area contributed by atoms with Crippen molar-refractivity contribution in [2.45, 2.75) is 13.5 Å². The molecule has 0 aliphatic heterocycles. The molecule has 1 aromatic heterocycles. The summed E-state index contributed by atoms with van der Waals surface area (Å²) in [4.78, 5) is 38.9. The summed E-state index contributed by atoms with van der Waals surface area (Å²) in [5.41, 5.74) is 1.94. The average molecular weight is 411 g/mol. The number of benzene rings is 2. The lowest BCUT2D eigenvalue weighted by Crippen LogP contribution is -2.15. The van der Waals surface area contributed by atoms with Crippen LogP contribution in [0.15, 0.2) is 53.5 Å². The summed E-state index contributed by atoms with van der Waals surface area (Å²) in [5.74, 6) is -0.880. The lowest BCUT2D eigenvalue weighted by atomic mass is 10.2. The monoisotopic (exact) mass is 411 g/mol. The fourth-order valence-electron chi connectivity index (χ4n) is 2.72. The molecule has 0 unspecified atom stereocenters. The summed E-state index contributed by atoms with van der Waals surface area (Å²) in [6.07, 6.45) is 2.86. The van der Waals surface area contributed by atoms with Gasteiger partial charge in [-0.3, -0.25) is 14.9 Å². The molecule has 3 aromatic rings. The van der Waals surface area contributed by atoms with Gasteiger partial charge >= 0.3 is 5.97 Å². The Kier molecular flexibility index (Phi) is 5.99. The molecule has 0 spiro atoms. The van der Waals surface area contributed by atoms with E-state index < -0.39 is 16.8 Å². The van der Waals surface area contributed by atoms with Crippen LogP contribution in [0.5, 0.6) is 0 Å². The number of rotatable bonds is 5. The SMILES string of the molecule is CCn1c(=NC(=O)C=Cc2ccc([N+](=O)[O-])cc2)sc2cc(C(=O)OC)ccc21. The van der Waals surface area contributed by atoms with Gasteiger partial charge in [-0.25, -0.2) is 4.79 Å². The maximum atomic E-state index is 12.3. The number of hydrogen-bond donors (Lipinski definition) is 0. The van der Waals surface area contributed by atoms with Gasteiger partial charge in [-0.1, -0.05) is 11.3 Å². The van der Waals surface area contributed by atoms with Crippen LogP contribution in [0.4, 0.5) is 5.69 Å². The molecular weight excluding hydrogens is 394 g/mol. The second-order valence-corrected chi connectivity index (χ2v) is 6.94. The van der Waals surface area contributed by atoms with E-state index in [0.717, 1.165) is 10.2 Å². The first-order chi connectivity index (χ1) is 13.9. The van der Waals surface area contributed by atoms with Crippen molar-refractivity contribution < 1.29 is 19.2 Å². The summed E-state index contributed by atoms with van der Waals surface area (Å²) < 4.78 is 7.45. The van der Waals surface area contributed by atoms with Gasteiger partial charge in [0.1, 0.15) is 0 Å². The predicted octanol–water partition coefficient (Wildman–Crippen LogP) is 3.56. The number of nitrogens with zero attached hydrogens (tertiary/aromatic N) is 3. The summed E-state index contributed by atoms with van der Waals surface area (Å²) in [7, 11) is 1.32. The maximum absolute atomic E-state index is 12.3. The number of amides is 1. The number of hydrogen-bond acceptors (Lipinski definition) is 6. The zero-order valence-corrected chi connectivity index (χ0v) is 16.5. The molecule has 2 aromatic carbocycles. The molecule has 29 heavy (non-hydrogen) atoms. The molecule has 3 rings (SSSR count). The molecule has 148 valence electrons. The van der Waals surface area contributed by atoms with E-state index in [2.05, 4.69) is 4.99 Å². The minimum absolute atomic E-state index is 0.0150. The highest BCUT2D eigenvalue weighted by Crippen LogP contribution is 2.20. The fraction of sp³-hybridized carbons (Fsp3) is 0.150. The molecule has 0 fully saturated rings. The van der Waals surface area contributed by atoms with Crippen molar-refractivity contribution in [1.29, 1.82) is 0 Å². The first kappa shape index (κ1) is 20.2. The van der Waals surface area contributed by atoms with Gasteiger partial charge in [0, 0.05) is 24.8 Å². The Morgan fingerprint density at radius 1 is 1.24 bits per heavy atom. The summed E-state index contributed by atoms with van der Waals surface area (Å²) >= 11 is 1.30. The molecule has 0 aliphatic carbocycles. The molecule has 1 amide bonds. The predicted molar refractivity (Wildman–Crippen MR) is 110 cm³/mol. The quantitative estimate of drug-likeness (QED) is 0.276. The number of ether oxygens (including phenoxy) is 1. The molecule has 0 saturated carbocycles. The van der Waals surface area contributed by atoms with Crippen LogP contribution in [0, 0.1) is 10.1 Å². The molecule has 8 nitrogen and oxygen atoms in total. The smallest absolute Gasteiger partial charge is 0.337 e. The lowest BCUT2D eigenvalue weighted by molar-refractivity contribution is -0.384. The summed E-state index contributed by atoms with van der Waals surface area (Å²) in [6, 6.07) is 11.1. The van der Waals surface area contributed by atoms with E-state index in [1.165, 1.54) is 36.7 Å². The van der Waals surface area contributed by atoms with Gasteiger partial charge in [0.25, 0.3) is 11.6 Å². The van der Waals surface area contributed by atoms with Crippen molar-refractivity contribution >= 4 is 45.2 Å². The number of esters is 1. The molecule has 0 atom stereocenters. The first-order valence-electron chi connectivity index (χ1n) is 8.66. The Labute approximate surface area is 169 Å². The molecule has 0 aliphatic rings. The van der Waals surface area contributed by atoms with Crippen LogP contribution in [-0.4, -0.2) is 28.5 Å². The number of aryl methyl sites for hydroxylation is 1. The standard InChI is InChI=1S/C20H17N3O5S/c1-3-22-16-10-7-14(19(25)28-2)12-17(16)29-20(22)21-18(24)11-6-13-4-8-15(9-5-13)23(26)27/h4-12H,3H2,1-2H3. The third-order valence-electron chi connectivity index (χ3n) is 4.15. The highest BCUT2D eigenvalue weighted by molar-refractivity contribution is 7.16. The van der Waals surface area contributed by atoms with Crippen molar-refractivity contribution in [2.75, 3.05) is 7.11 Å². The minimum atomic E-state index is -0.482. The molecule has 0 radical (unpaired) electrons. The Morgan fingerprint density at radius 3 is 2.59 bits per heavy atom. The Morgan fingerprint density at radius 2 is 1.97 bits per heavy atom. The van der Waals surface area contributed by atoms with Crippen molar-refractivity contribution in [1.82, 2.24) is 4.57 Å². The number of nitro groups is 1. The fourth-order valence-corrected chi connectivity index (χ4v) is 3.85. The van der Waals surface area contributed by atoms with Gasteiger partial charge in [-0.15, -0.1) is 0 Å². The number of fused-ring (bicyclic) bond motifs is 1. The van der Waals surface area contributed by atoms with Gasteiger partial charge in [0.15, 0.2) is 4.80 Å². The second-order valence-electron chi connectivity index (χ2n) is 5.93. The van der Waals surface area contributed by atoms with Gasteiger partial charge in [0.05, 0.1) is 27.8 Å². The van der Waals surface area contributed by atoms with Gasteiger partial charge in [-0.05, 0) is 48.9 Å². The van der Waals surface area contributed by atoms with E-state index in [1.807, 2.05) is 11.5 Å². The van der Waals surface area contributed by atoms with Crippen LogP contribution < -0.4 is 4.80 Å². The largest absolute Gasteiger partial charge is 0.465 e. The van der Waals surface area contributed by atoms with Crippen molar-refractivity contribution in [3.8, 4) is 0 Å². The third kappa shape index (κ3) is 4.46. The van der Waals surface area contributed by atoms with Crippen molar-refractivity contribution in [3.05, 3.63) is 74.6 Å². The van der Waals surface area contributed by atoms with E-state index in [4.69, 9.17) is 4.74 Å². The van der Waals surface area contributed by atoms with Crippen LogP contribution >= 0.6 is 11.3 Å². The Balaban J connectivity index is 1.90. The van der Waals surface area contributed by atoms with Crippen LogP contribution in [-0.2, 0) is 16.1 Å². The number of thiazole rings is 1. The molecule has 0 saturated heterocycles. The summed E-state index contributed by atoms with van der Waals surface area (Å²) in [5, 5.41) is 10.7. The highest BCUT2D eigenvalue weighted by Gasteiger charge is 2.11. The zero-order valence-electron chi connectivity index (χ0n) is 15.7. The Bertz CT molecular complexity index is 1190. The maximum Gasteiger partial charge on any atom is 0.337 e. The third-order valence-corrected chi connectivity index (χ3v) is 5.19. The number of methoxy groups -OCH3 is 1. The Hall–Kier alpha value is -3.59. The van der Waals surface area contributed by atoms with E-state index in [1.54, 1.807) is 36.4 Å². The van der Waals surface area contributed by atoms with Gasteiger partial charge in [-0.2, -0.15) is 4.99 Å². The van der Waals surface area contributed by atoms with Crippen LogP contribution in [0.1, 0.15) is 22.8 Å². The van der Waals surface area contributed by atoms with E-state index in [9.17, 15) is 19.7 Å². The zero-order chi connectivity index (χ0) is 21.0. The summed E-state index contributed by atoms with van der Waals surface area (Å²) in [6.45, 7) is 2.55. The minimum Gasteiger partial charge on any atom is -0.465 e. The number of carbonyl (C=O) groups excluding carboxylic acids is 2. The molecule has 1 heterocycles. The van der Waals surface area contributed by atoms with Crippen molar-refractivity contribution in [3.63, 3.8) is 0 Å². The molecule has 9 heteroatoms. The lowest BCUT2D eigenvalue weighted by Gasteiger charge is -2.01. The average Bonchev–Trinajstić information content (AvgIpc) is 3.07. The first-order valence-corrected chi connectivity index (χ1v) is 9.47. The molecule has 0 bridgehead atoms. The number of aromatic nitrogens is 1. The van der Waals surface area contributed by atoms with Crippen LogP contribution in [0.3, 0.4) is 0 Å². The van der Waals surface area contributed by atoms with Gasteiger partial charge in [0.2, 0.25) is 0 Å². The highest BCUT2D eigenvalue weighted by atomic mass is 32.1. The van der Waals surface area contributed by atoms with Gasteiger partial charge < -0.3 is 9.30 Å². The number of non-ortho nitro benzene ring substituents is 1. The normalized spacial score (nSPS) is 11.9. The topological polar surface area (TPSA) is 104 Å². The van der Waals surface area contributed by atoms with E-state index in [-0.39, 0.29) is 5.69 Å². The van der Waals surface area contributed by atoms with E-state index >= 15 is 0 Å². The van der Waals surface area contributed by atoms with Crippen LogP contribution in [0.25, 0.3) is 16.3 Å². The second kappa shape index (κ2) is 8.61.